The number of hydrogen-bond donors (Lipinski definition) is 0. The molecule has 5 nitrogen and oxygen atoms in total. The Morgan fingerprint density at radius 1 is 1.19 bits per heavy atom. The number of aromatic nitrogens is 2. The zero-order valence-electron chi connectivity index (χ0n) is 17.1. The second-order valence-corrected chi connectivity index (χ2v) is 7.90. The van der Waals surface area contributed by atoms with Gasteiger partial charge in [0, 0.05) is 23.9 Å². The van der Waals surface area contributed by atoms with Crippen molar-refractivity contribution in [2.24, 2.45) is 13.0 Å². The van der Waals surface area contributed by atoms with Crippen molar-refractivity contribution in [3.05, 3.63) is 46.5 Å². The summed E-state index contributed by atoms with van der Waals surface area (Å²) in [5.74, 6) is 1.27. The lowest BCUT2D eigenvalue weighted by Crippen LogP contribution is -2.35. The van der Waals surface area contributed by atoms with Crippen LogP contribution in [-0.2, 0) is 7.05 Å². The van der Waals surface area contributed by atoms with Crippen molar-refractivity contribution in [2.75, 3.05) is 20.7 Å². The van der Waals surface area contributed by atoms with Crippen LogP contribution in [0, 0.1) is 12.8 Å². The van der Waals surface area contributed by atoms with Crippen molar-refractivity contribution < 1.29 is 4.74 Å². The summed E-state index contributed by atoms with van der Waals surface area (Å²) in [4.78, 5) is 19.6. The molecule has 5 heteroatoms. The van der Waals surface area contributed by atoms with Crippen LogP contribution in [0.2, 0.25) is 0 Å². The van der Waals surface area contributed by atoms with Gasteiger partial charge in [0.15, 0.2) is 0 Å². The third-order valence-corrected chi connectivity index (χ3v) is 5.19. The zero-order valence-corrected chi connectivity index (χ0v) is 17.1. The van der Waals surface area contributed by atoms with Gasteiger partial charge in [0.2, 0.25) is 0 Å². The van der Waals surface area contributed by atoms with Crippen LogP contribution < -0.4 is 10.3 Å². The van der Waals surface area contributed by atoms with Crippen molar-refractivity contribution in [3.63, 3.8) is 0 Å². The van der Waals surface area contributed by atoms with E-state index in [4.69, 9.17) is 4.74 Å². The Morgan fingerprint density at radius 2 is 1.89 bits per heavy atom. The number of hydrogen-bond acceptors (Lipinski definition) is 4. The van der Waals surface area contributed by atoms with Crippen LogP contribution in [0.25, 0.3) is 21.7 Å². The summed E-state index contributed by atoms with van der Waals surface area (Å²) < 4.78 is 7.94. The molecule has 144 valence electrons. The summed E-state index contributed by atoms with van der Waals surface area (Å²) in [5.41, 5.74) is 1.59. The Balaban J connectivity index is 2.14. The summed E-state index contributed by atoms with van der Waals surface area (Å²) in [6, 6.07) is 8.26. The van der Waals surface area contributed by atoms with Gasteiger partial charge in [-0.2, -0.15) is 0 Å². The van der Waals surface area contributed by atoms with E-state index in [2.05, 4.69) is 37.8 Å². The number of ether oxygens (including phenoxy) is 1. The molecule has 0 radical (unpaired) electrons. The molecule has 2 heterocycles. The highest BCUT2D eigenvalue weighted by molar-refractivity contribution is 6.09. The summed E-state index contributed by atoms with van der Waals surface area (Å²) >= 11 is 0. The molecule has 0 aliphatic heterocycles. The minimum absolute atomic E-state index is 0.0366. The zero-order chi connectivity index (χ0) is 19.7. The summed E-state index contributed by atoms with van der Waals surface area (Å²) in [7, 11) is 5.96. The van der Waals surface area contributed by atoms with E-state index in [1.165, 1.54) is 0 Å². The average Bonchev–Trinajstić information content (AvgIpc) is 2.63. The number of nitrogens with zero attached hydrogens (tertiary/aromatic N) is 3. The topological polar surface area (TPSA) is 47.4 Å². The van der Waals surface area contributed by atoms with Crippen LogP contribution in [0.1, 0.15) is 26.0 Å². The molecule has 1 aromatic carbocycles. The molecular weight excluding hydrogens is 338 g/mol. The summed E-state index contributed by atoms with van der Waals surface area (Å²) in [6.07, 6.45) is 2.80. The van der Waals surface area contributed by atoms with Gasteiger partial charge in [-0.25, -0.2) is 0 Å². The molecule has 0 unspecified atom stereocenters. The molecule has 3 aromatic rings. The highest BCUT2D eigenvalue weighted by Crippen LogP contribution is 2.31. The monoisotopic (exact) mass is 367 g/mol. The average molecular weight is 367 g/mol. The van der Waals surface area contributed by atoms with E-state index in [0.29, 0.717) is 29.7 Å². The molecule has 0 N–H and O–H groups in total. The van der Waals surface area contributed by atoms with Gasteiger partial charge in [-0.05, 0) is 39.4 Å². The lowest BCUT2D eigenvalue weighted by atomic mass is 10.0. The number of pyridine rings is 2. The first-order chi connectivity index (χ1) is 12.8. The maximum atomic E-state index is 13.0. The lowest BCUT2D eigenvalue weighted by molar-refractivity contribution is 0.166. The van der Waals surface area contributed by atoms with E-state index in [1.54, 1.807) is 10.8 Å². The van der Waals surface area contributed by atoms with E-state index in [9.17, 15) is 4.79 Å². The normalized spacial score (nSPS) is 13.0. The van der Waals surface area contributed by atoms with Crippen molar-refractivity contribution in [2.45, 2.75) is 33.2 Å². The Hall–Kier alpha value is -2.40. The number of para-hydroxylation sites is 1. The quantitative estimate of drug-likeness (QED) is 0.623. The molecule has 3 rings (SSSR count). The third kappa shape index (κ3) is 3.69. The molecule has 0 saturated carbocycles. The second-order valence-electron chi connectivity index (χ2n) is 7.90. The fraction of sp³-hybridized carbons (Fsp3) is 0.455. The molecule has 0 bridgehead atoms. The van der Waals surface area contributed by atoms with Crippen LogP contribution in [0.5, 0.6) is 5.75 Å². The number of likely N-dealkylation sites (N-methyl/N-ethyl adjacent to an activating group) is 1. The molecule has 0 amide bonds. The fourth-order valence-electron chi connectivity index (χ4n) is 3.64. The smallest absolute Gasteiger partial charge is 0.260 e. The van der Waals surface area contributed by atoms with E-state index in [0.717, 1.165) is 28.4 Å². The van der Waals surface area contributed by atoms with E-state index in [-0.39, 0.29) is 5.56 Å². The van der Waals surface area contributed by atoms with Gasteiger partial charge in [-0.1, -0.05) is 32.0 Å². The van der Waals surface area contributed by atoms with Gasteiger partial charge in [0.05, 0.1) is 22.8 Å². The van der Waals surface area contributed by atoms with Crippen molar-refractivity contribution >= 4 is 21.7 Å². The highest BCUT2D eigenvalue weighted by atomic mass is 16.5. The van der Waals surface area contributed by atoms with Gasteiger partial charge >= 0.3 is 0 Å². The van der Waals surface area contributed by atoms with Crippen LogP contribution in [0.15, 0.2) is 35.3 Å². The molecule has 27 heavy (non-hydrogen) atoms. The van der Waals surface area contributed by atoms with Gasteiger partial charge in [0.25, 0.3) is 5.56 Å². The Bertz CT molecular complexity index is 1020. The van der Waals surface area contributed by atoms with Crippen LogP contribution >= 0.6 is 0 Å². The first kappa shape index (κ1) is 19.4. The van der Waals surface area contributed by atoms with Crippen LogP contribution in [0.4, 0.5) is 0 Å². The Morgan fingerprint density at radius 3 is 2.56 bits per heavy atom. The second kappa shape index (κ2) is 7.69. The Labute approximate surface area is 160 Å². The number of benzene rings is 1. The first-order valence-corrected chi connectivity index (χ1v) is 9.47. The largest absolute Gasteiger partial charge is 0.490 e. The predicted octanol–water partition coefficient (Wildman–Crippen LogP) is 3.75. The molecule has 1 atom stereocenters. The molecule has 0 aliphatic carbocycles. The lowest BCUT2D eigenvalue weighted by Gasteiger charge is -2.26. The SMILES string of the molecule is Cc1ncc(OC[C@H](CC(C)C)N(C)C)c2c1c(=O)n(C)c1ccccc21. The van der Waals surface area contributed by atoms with Gasteiger partial charge < -0.3 is 14.2 Å². The molecule has 2 aromatic heterocycles. The summed E-state index contributed by atoms with van der Waals surface area (Å²) in [5, 5.41) is 2.52. The van der Waals surface area contributed by atoms with Gasteiger partial charge in [-0.15, -0.1) is 0 Å². The summed E-state index contributed by atoms with van der Waals surface area (Å²) in [6.45, 7) is 6.88. The van der Waals surface area contributed by atoms with E-state index >= 15 is 0 Å². The molecular formula is C22H29N3O2. The maximum absolute atomic E-state index is 13.0. The molecule has 0 saturated heterocycles. The van der Waals surface area contributed by atoms with E-state index in [1.807, 2.05) is 38.2 Å². The van der Waals surface area contributed by atoms with E-state index < -0.39 is 0 Å². The maximum Gasteiger partial charge on any atom is 0.260 e. The molecule has 0 fully saturated rings. The van der Waals surface area contributed by atoms with Gasteiger partial charge in [0.1, 0.15) is 12.4 Å². The first-order valence-electron chi connectivity index (χ1n) is 9.47. The molecule has 0 aliphatic rings. The van der Waals surface area contributed by atoms with Crippen LogP contribution in [-0.4, -0.2) is 41.2 Å². The van der Waals surface area contributed by atoms with Gasteiger partial charge in [-0.3, -0.25) is 9.78 Å². The fourth-order valence-corrected chi connectivity index (χ4v) is 3.64. The predicted molar refractivity (Wildman–Crippen MR) is 112 cm³/mol. The van der Waals surface area contributed by atoms with Crippen molar-refractivity contribution in [1.82, 2.24) is 14.5 Å². The number of fused-ring (bicyclic) bond motifs is 3. The van der Waals surface area contributed by atoms with Crippen molar-refractivity contribution in [3.8, 4) is 5.75 Å². The van der Waals surface area contributed by atoms with Crippen molar-refractivity contribution in [1.29, 1.82) is 0 Å². The molecule has 0 spiro atoms. The minimum atomic E-state index is -0.0366. The standard InChI is InChI=1S/C22H29N3O2/c1-14(2)11-16(24(4)5)13-27-19-12-23-15(3)20-21(19)17-9-7-8-10-18(17)25(6)22(20)26/h7-10,12,14,16H,11,13H2,1-6H3/t16-/m0/s1. The Kier molecular flexibility index (Phi) is 5.51. The third-order valence-electron chi connectivity index (χ3n) is 5.19. The number of aryl methyl sites for hydroxylation is 2. The van der Waals surface area contributed by atoms with Crippen LogP contribution in [0.3, 0.4) is 0 Å². The highest BCUT2D eigenvalue weighted by Gasteiger charge is 2.18. The number of rotatable bonds is 6. The minimum Gasteiger partial charge on any atom is -0.490 e.